The van der Waals surface area contributed by atoms with E-state index in [1.54, 1.807) is 6.07 Å². The van der Waals surface area contributed by atoms with Gasteiger partial charge >= 0.3 is 5.97 Å². The Morgan fingerprint density at radius 2 is 2.00 bits per heavy atom. The van der Waals surface area contributed by atoms with Gasteiger partial charge in [0.05, 0.1) is 18.7 Å². The lowest BCUT2D eigenvalue weighted by Gasteiger charge is -2.12. The summed E-state index contributed by atoms with van der Waals surface area (Å²) in [5.74, 6) is -0.290. The van der Waals surface area contributed by atoms with Gasteiger partial charge in [-0.2, -0.15) is 0 Å². The topological polar surface area (TPSA) is 43.3 Å². The van der Waals surface area contributed by atoms with Crippen LogP contribution >= 0.6 is 0 Å². The molecule has 2 aromatic rings. The zero-order valence-corrected chi connectivity index (χ0v) is 11.9. The number of esters is 1. The molecule has 0 aliphatic rings. The molecule has 1 heterocycles. The van der Waals surface area contributed by atoms with Gasteiger partial charge in [-0.25, -0.2) is 4.79 Å². The molecule has 2 rings (SSSR count). The van der Waals surface area contributed by atoms with Crippen molar-refractivity contribution in [2.75, 3.05) is 11.9 Å². The molecule has 1 aromatic carbocycles. The number of nitrogens with zero attached hydrogens (tertiary/aromatic N) is 1. The third kappa shape index (κ3) is 3.20. The summed E-state index contributed by atoms with van der Waals surface area (Å²) in [6.45, 7) is 5.91. The van der Waals surface area contributed by atoms with Crippen LogP contribution in [0.25, 0.3) is 0 Å². The second-order valence-corrected chi connectivity index (χ2v) is 4.41. The molecule has 106 valence electrons. The number of ether oxygens (including phenoxy) is 1. The largest absolute Gasteiger partial charge is 0.462 e. The first-order valence-electron chi connectivity index (χ1n) is 6.90. The Balaban J connectivity index is 2.11. The van der Waals surface area contributed by atoms with Gasteiger partial charge in [-0.05, 0) is 38.1 Å². The molecule has 0 unspecified atom stereocenters. The van der Waals surface area contributed by atoms with Crippen LogP contribution in [0.4, 0.5) is 5.69 Å². The lowest BCUT2D eigenvalue weighted by Crippen LogP contribution is -2.11. The van der Waals surface area contributed by atoms with Gasteiger partial charge in [0.25, 0.3) is 0 Å². The zero-order valence-electron chi connectivity index (χ0n) is 11.9. The van der Waals surface area contributed by atoms with E-state index in [-0.39, 0.29) is 5.97 Å². The van der Waals surface area contributed by atoms with Crippen molar-refractivity contribution in [2.45, 2.75) is 26.9 Å². The van der Waals surface area contributed by atoms with E-state index in [1.165, 1.54) is 5.69 Å². The van der Waals surface area contributed by atoms with E-state index < -0.39 is 0 Å². The molecule has 4 heteroatoms. The smallest absolute Gasteiger partial charge is 0.340 e. The van der Waals surface area contributed by atoms with Gasteiger partial charge in [0.1, 0.15) is 0 Å². The number of nitrogens with one attached hydrogen (secondary N) is 1. The Hall–Kier alpha value is -2.23. The number of carbonyl (C=O) groups excluding carboxylic acids is 1. The third-order valence-electron chi connectivity index (χ3n) is 3.15. The maximum absolute atomic E-state index is 11.9. The van der Waals surface area contributed by atoms with Crippen molar-refractivity contribution in [1.82, 2.24) is 4.57 Å². The summed E-state index contributed by atoms with van der Waals surface area (Å²) in [5, 5.41) is 3.31. The molecule has 0 atom stereocenters. The fourth-order valence-corrected chi connectivity index (χ4v) is 2.13. The predicted octanol–water partition coefficient (Wildman–Crippen LogP) is 3.30. The van der Waals surface area contributed by atoms with Crippen LogP contribution in [0.15, 0.2) is 42.6 Å². The van der Waals surface area contributed by atoms with E-state index >= 15 is 0 Å². The fraction of sp³-hybridized carbons (Fsp3) is 0.312. The van der Waals surface area contributed by atoms with Crippen molar-refractivity contribution in [3.05, 3.63) is 53.9 Å². The number of aromatic nitrogens is 1. The van der Waals surface area contributed by atoms with Gasteiger partial charge in [-0.1, -0.05) is 12.1 Å². The first kappa shape index (κ1) is 14.2. The average Bonchev–Trinajstić information content (AvgIpc) is 2.93. The van der Waals surface area contributed by atoms with E-state index in [2.05, 4.69) is 22.9 Å². The number of aryl methyl sites for hydroxylation is 1. The number of rotatable bonds is 6. The minimum absolute atomic E-state index is 0.290. The van der Waals surface area contributed by atoms with Crippen LogP contribution in [0.5, 0.6) is 0 Å². The monoisotopic (exact) mass is 272 g/mol. The van der Waals surface area contributed by atoms with Crippen molar-refractivity contribution in [1.29, 1.82) is 0 Å². The third-order valence-corrected chi connectivity index (χ3v) is 3.15. The number of carbonyl (C=O) groups is 1. The molecule has 0 radical (unpaired) electrons. The molecular formula is C16H20N2O2. The van der Waals surface area contributed by atoms with E-state index in [0.29, 0.717) is 18.7 Å². The molecule has 0 aliphatic heterocycles. The van der Waals surface area contributed by atoms with Crippen LogP contribution in [-0.4, -0.2) is 17.1 Å². The number of para-hydroxylation sites is 1. The molecule has 0 saturated heterocycles. The minimum atomic E-state index is -0.290. The molecule has 4 nitrogen and oxygen atoms in total. The first-order valence-corrected chi connectivity index (χ1v) is 6.90. The maximum Gasteiger partial charge on any atom is 0.340 e. The van der Waals surface area contributed by atoms with Gasteiger partial charge in [0.2, 0.25) is 0 Å². The number of benzene rings is 1. The highest BCUT2D eigenvalue weighted by atomic mass is 16.5. The summed E-state index contributed by atoms with van der Waals surface area (Å²) in [7, 11) is 0. The molecule has 0 fully saturated rings. The van der Waals surface area contributed by atoms with Crippen LogP contribution < -0.4 is 5.32 Å². The molecular weight excluding hydrogens is 252 g/mol. The average molecular weight is 272 g/mol. The molecule has 0 bridgehead atoms. The lowest BCUT2D eigenvalue weighted by molar-refractivity contribution is 0.0527. The van der Waals surface area contributed by atoms with Gasteiger partial charge in [0.15, 0.2) is 0 Å². The van der Waals surface area contributed by atoms with Crippen molar-refractivity contribution in [3.8, 4) is 0 Å². The fourth-order valence-electron chi connectivity index (χ4n) is 2.13. The highest BCUT2D eigenvalue weighted by molar-refractivity contribution is 5.95. The predicted molar refractivity (Wildman–Crippen MR) is 79.8 cm³/mol. The summed E-state index contributed by atoms with van der Waals surface area (Å²) in [4.78, 5) is 11.9. The number of anilines is 1. The lowest BCUT2D eigenvalue weighted by atomic mass is 10.2. The SMILES string of the molecule is CCOC(=O)c1ccccc1NCc1cccn1CC. The summed E-state index contributed by atoms with van der Waals surface area (Å²) >= 11 is 0. The summed E-state index contributed by atoms with van der Waals surface area (Å²) in [6.07, 6.45) is 2.05. The van der Waals surface area contributed by atoms with E-state index in [1.807, 2.05) is 37.4 Å². The highest BCUT2D eigenvalue weighted by Gasteiger charge is 2.11. The second kappa shape index (κ2) is 6.80. The van der Waals surface area contributed by atoms with Gasteiger partial charge in [0, 0.05) is 24.1 Å². The van der Waals surface area contributed by atoms with Gasteiger partial charge in [-0.3, -0.25) is 0 Å². The summed E-state index contributed by atoms with van der Waals surface area (Å²) in [6, 6.07) is 11.5. The molecule has 1 N–H and O–H groups in total. The maximum atomic E-state index is 11.9. The summed E-state index contributed by atoms with van der Waals surface area (Å²) < 4.78 is 7.23. The quantitative estimate of drug-likeness (QED) is 0.820. The molecule has 1 aromatic heterocycles. The molecule has 0 saturated carbocycles. The molecule has 0 spiro atoms. The molecule has 20 heavy (non-hydrogen) atoms. The van der Waals surface area contributed by atoms with Gasteiger partial charge < -0.3 is 14.6 Å². The Bertz CT molecular complexity index is 575. The second-order valence-electron chi connectivity index (χ2n) is 4.41. The Morgan fingerprint density at radius 1 is 1.20 bits per heavy atom. The van der Waals surface area contributed by atoms with Gasteiger partial charge in [-0.15, -0.1) is 0 Å². The molecule has 0 aliphatic carbocycles. The highest BCUT2D eigenvalue weighted by Crippen LogP contribution is 2.17. The van der Waals surface area contributed by atoms with Crippen molar-refractivity contribution < 1.29 is 9.53 Å². The van der Waals surface area contributed by atoms with Crippen LogP contribution in [0.2, 0.25) is 0 Å². The first-order chi connectivity index (χ1) is 9.76. The summed E-state index contributed by atoms with van der Waals surface area (Å²) in [5.41, 5.74) is 2.56. The zero-order chi connectivity index (χ0) is 14.4. The Morgan fingerprint density at radius 3 is 2.75 bits per heavy atom. The Kier molecular flexibility index (Phi) is 4.82. The number of hydrogen-bond donors (Lipinski definition) is 1. The van der Waals surface area contributed by atoms with E-state index in [0.717, 1.165) is 12.2 Å². The normalized spacial score (nSPS) is 10.3. The van der Waals surface area contributed by atoms with Crippen LogP contribution in [0.3, 0.4) is 0 Å². The van der Waals surface area contributed by atoms with Crippen molar-refractivity contribution in [2.24, 2.45) is 0 Å². The van der Waals surface area contributed by atoms with Crippen LogP contribution in [-0.2, 0) is 17.8 Å². The van der Waals surface area contributed by atoms with Crippen molar-refractivity contribution >= 4 is 11.7 Å². The van der Waals surface area contributed by atoms with Crippen molar-refractivity contribution in [3.63, 3.8) is 0 Å². The molecule has 0 amide bonds. The Labute approximate surface area is 119 Å². The van der Waals surface area contributed by atoms with Crippen LogP contribution in [0, 0.1) is 0 Å². The standard InChI is InChI=1S/C16H20N2O2/c1-3-18-11-7-8-13(18)12-17-15-10-6-5-9-14(15)16(19)20-4-2/h5-11,17H,3-4,12H2,1-2H3. The van der Waals surface area contributed by atoms with E-state index in [9.17, 15) is 4.79 Å². The van der Waals surface area contributed by atoms with E-state index in [4.69, 9.17) is 4.74 Å². The number of hydrogen-bond acceptors (Lipinski definition) is 3. The van der Waals surface area contributed by atoms with Crippen LogP contribution in [0.1, 0.15) is 29.9 Å². The minimum Gasteiger partial charge on any atom is -0.462 e.